The molecule has 0 saturated carbocycles. The van der Waals surface area contributed by atoms with Gasteiger partial charge >= 0.3 is 0 Å². The molecule has 19 heavy (non-hydrogen) atoms. The summed E-state index contributed by atoms with van der Waals surface area (Å²) in [6.45, 7) is 4.09. The van der Waals surface area contributed by atoms with Gasteiger partial charge < -0.3 is 10.4 Å². The summed E-state index contributed by atoms with van der Waals surface area (Å²) < 4.78 is 1.60. The topological polar surface area (TPSA) is 99.7 Å². The smallest absolute Gasteiger partial charge is 0.171 e. The standard InChI is InChI=1S/C12H14N6O/c1-8-9(2)16-17-12(11(8)5-13)15-10-6-14-18(7-10)3-4-19/h6-7,19H,3-4H2,1-2H3,(H,15,17). The number of aliphatic hydroxyl groups is 1. The van der Waals surface area contributed by atoms with Crippen molar-refractivity contribution in [1.29, 1.82) is 5.26 Å². The van der Waals surface area contributed by atoms with Crippen LogP contribution in [0.5, 0.6) is 0 Å². The second kappa shape index (κ2) is 5.46. The molecule has 2 rings (SSSR count). The Morgan fingerprint density at radius 1 is 1.42 bits per heavy atom. The van der Waals surface area contributed by atoms with Crippen molar-refractivity contribution in [1.82, 2.24) is 20.0 Å². The minimum absolute atomic E-state index is 0.0218. The molecular formula is C12H14N6O. The van der Waals surface area contributed by atoms with E-state index in [1.54, 1.807) is 17.1 Å². The Bertz CT molecular complexity index is 628. The van der Waals surface area contributed by atoms with Crippen LogP contribution in [0, 0.1) is 25.2 Å². The van der Waals surface area contributed by atoms with Crippen molar-refractivity contribution < 1.29 is 5.11 Å². The van der Waals surface area contributed by atoms with E-state index in [1.807, 2.05) is 13.8 Å². The van der Waals surface area contributed by atoms with Gasteiger partial charge in [-0.2, -0.15) is 15.5 Å². The number of rotatable bonds is 4. The summed E-state index contributed by atoms with van der Waals surface area (Å²) in [7, 11) is 0. The van der Waals surface area contributed by atoms with Crippen LogP contribution in [0.15, 0.2) is 12.4 Å². The third kappa shape index (κ3) is 2.69. The number of aliphatic hydroxyl groups excluding tert-OH is 1. The third-order valence-electron chi connectivity index (χ3n) is 2.79. The quantitative estimate of drug-likeness (QED) is 0.845. The number of nitriles is 1. The van der Waals surface area contributed by atoms with E-state index >= 15 is 0 Å². The van der Waals surface area contributed by atoms with E-state index < -0.39 is 0 Å². The summed E-state index contributed by atoms with van der Waals surface area (Å²) in [4.78, 5) is 0. The van der Waals surface area contributed by atoms with Crippen LogP contribution in [-0.2, 0) is 6.54 Å². The van der Waals surface area contributed by atoms with Crippen molar-refractivity contribution in [3.8, 4) is 6.07 Å². The Morgan fingerprint density at radius 2 is 2.21 bits per heavy atom. The number of aromatic nitrogens is 4. The van der Waals surface area contributed by atoms with Gasteiger partial charge in [0.1, 0.15) is 11.6 Å². The monoisotopic (exact) mass is 258 g/mol. The van der Waals surface area contributed by atoms with Gasteiger partial charge in [0.25, 0.3) is 0 Å². The average molecular weight is 258 g/mol. The zero-order valence-corrected chi connectivity index (χ0v) is 10.8. The van der Waals surface area contributed by atoms with Gasteiger partial charge in [0.2, 0.25) is 0 Å². The number of nitrogens with one attached hydrogen (secondary N) is 1. The highest BCUT2D eigenvalue weighted by molar-refractivity contribution is 5.63. The predicted molar refractivity (Wildman–Crippen MR) is 68.8 cm³/mol. The lowest BCUT2D eigenvalue weighted by molar-refractivity contribution is 0.269. The Balaban J connectivity index is 2.28. The van der Waals surface area contributed by atoms with E-state index in [4.69, 9.17) is 5.11 Å². The first kappa shape index (κ1) is 13.0. The molecule has 7 heteroatoms. The maximum Gasteiger partial charge on any atom is 0.171 e. The molecular weight excluding hydrogens is 244 g/mol. The molecule has 0 unspecified atom stereocenters. The second-order valence-corrected chi connectivity index (χ2v) is 4.09. The Hall–Kier alpha value is -2.46. The lowest BCUT2D eigenvalue weighted by Crippen LogP contribution is -2.03. The molecule has 2 N–H and O–H groups in total. The largest absolute Gasteiger partial charge is 0.394 e. The Morgan fingerprint density at radius 3 is 2.89 bits per heavy atom. The van der Waals surface area contributed by atoms with Crippen molar-refractivity contribution in [2.24, 2.45) is 0 Å². The fourth-order valence-corrected chi connectivity index (χ4v) is 1.62. The molecule has 0 fully saturated rings. The first-order valence-corrected chi connectivity index (χ1v) is 5.80. The highest BCUT2D eigenvalue weighted by atomic mass is 16.3. The second-order valence-electron chi connectivity index (χ2n) is 4.09. The molecule has 0 atom stereocenters. The van der Waals surface area contributed by atoms with Gasteiger partial charge in [-0.05, 0) is 19.4 Å². The number of aryl methyl sites for hydroxylation is 1. The van der Waals surface area contributed by atoms with Crippen LogP contribution in [0.3, 0.4) is 0 Å². The summed E-state index contributed by atoms with van der Waals surface area (Å²) in [5.74, 6) is 0.411. The predicted octanol–water partition coefficient (Wildman–Crippen LogP) is 0.898. The van der Waals surface area contributed by atoms with Gasteiger partial charge in [0, 0.05) is 6.20 Å². The molecule has 0 spiro atoms. The molecule has 98 valence electrons. The first-order valence-electron chi connectivity index (χ1n) is 5.80. The molecule has 0 bridgehead atoms. The van der Waals surface area contributed by atoms with Crippen molar-refractivity contribution in [2.45, 2.75) is 20.4 Å². The molecule has 0 aliphatic rings. The Kier molecular flexibility index (Phi) is 3.73. The summed E-state index contributed by atoms with van der Waals surface area (Å²) in [6.07, 6.45) is 3.34. The van der Waals surface area contributed by atoms with Crippen LogP contribution >= 0.6 is 0 Å². The molecule has 0 aliphatic heterocycles. The fourth-order valence-electron chi connectivity index (χ4n) is 1.62. The average Bonchev–Trinajstić information content (AvgIpc) is 2.82. The maximum absolute atomic E-state index is 9.18. The summed E-state index contributed by atoms with van der Waals surface area (Å²) >= 11 is 0. The van der Waals surface area contributed by atoms with Gasteiger partial charge in [-0.15, -0.1) is 5.10 Å². The molecule has 0 aliphatic carbocycles. The number of anilines is 2. The van der Waals surface area contributed by atoms with Gasteiger partial charge in [0.15, 0.2) is 5.82 Å². The van der Waals surface area contributed by atoms with Crippen molar-refractivity contribution >= 4 is 11.5 Å². The zero-order chi connectivity index (χ0) is 13.8. The maximum atomic E-state index is 9.18. The molecule has 2 aromatic rings. The van der Waals surface area contributed by atoms with Crippen LogP contribution in [0.1, 0.15) is 16.8 Å². The molecule has 0 saturated heterocycles. The van der Waals surface area contributed by atoms with Crippen molar-refractivity contribution in [3.05, 3.63) is 29.2 Å². The van der Waals surface area contributed by atoms with Crippen LogP contribution < -0.4 is 5.32 Å². The van der Waals surface area contributed by atoms with Crippen molar-refractivity contribution in [2.75, 3.05) is 11.9 Å². The highest BCUT2D eigenvalue weighted by Crippen LogP contribution is 2.20. The number of hydrogen-bond acceptors (Lipinski definition) is 6. The minimum atomic E-state index is 0.0218. The highest BCUT2D eigenvalue weighted by Gasteiger charge is 2.11. The molecule has 2 heterocycles. The summed E-state index contributed by atoms with van der Waals surface area (Å²) in [6, 6.07) is 2.12. The molecule has 0 aromatic carbocycles. The number of nitrogens with zero attached hydrogens (tertiary/aromatic N) is 5. The molecule has 0 amide bonds. The normalized spacial score (nSPS) is 10.2. The van der Waals surface area contributed by atoms with Crippen LogP contribution in [0.4, 0.5) is 11.5 Å². The first-order chi connectivity index (χ1) is 9.15. The van der Waals surface area contributed by atoms with Gasteiger partial charge in [-0.3, -0.25) is 4.68 Å². The van der Waals surface area contributed by atoms with E-state index in [0.717, 1.165) is 11.3 Å². The molecule has 0 radical (unpaired) electrons. The molecule has 7 nitrogen and oxygen atoms in total. The van der Waals surface area contributed by atoms with Crippen molar-refractivity contribution in [3.63, 3.8) is 0 Å². The Labute approximate surface area is 110 Å². The van der Waals surface area contributed by atoms with Gasteiger partial charge in [-0.25, -0.2) is 0 Å². The van der Waals surface area contributed by atoms with E-state index in [9.17, 15) is 5.26 Å². The minimum Gasteiger partial charge on any atom is -0.394 e. The summed E-state index contributed by atoms with van der Waals surface area (Å²) in [5, 5.41) is 33.1. The van der Waals surface area contributed by atoms with Crippen LogP contribution in [0.25, 0.3) is 0 Å². The van der Waals surface area contributed by atoms with E-state index in [2.05, 4.69) is 26.7 Å². The third-order valence-corrected chi connectivity index (χ3v) is 2.79. The fraction of sp³-hybridized carbons (Fsp3) is 0.333. The van der Waals surface area contributed by atoms with Crippen LogP contribution in [-0.4, -0.2) is 31.7 Å². The molecule has 2 aromatic heterocycles. The number of hydrogen-bond donors (Lipinski definition) is 2. The lowest BCUT2D eigenvalue weighted by Gasteiger charge is -2.07. The van der Waals surface area contributed by atoms with E-state index in [1.165, 1.54) is 0 Å². The van der Waals surface area contributed by atoms with E-state index in [-0.39, 0.29) is 6.61 Å². The van der Waals surface area contributed by atoms with Gasteiger partial charge in [0.05, 0.1) is 30.7 Å². The van der Waals surface area contributed by atoms with Gasteiger partial charge in [-0.1, -0.05) is 0 Å². The zero-order valence-electron chi connectivity index (χ0n) is 10.8. The van der Waals surface area contributed by atoms with E-state index in [0.29, 0.717) is 23.6 Å². The SMILES string of the molecule is Cc1nnc(Nc2cnn(CCO)c2)c(C#N)c1C. The lowest BCUT2D eigenvalue weighted by atomic mass is 10.1. The summed E-state index contributed by atoms with van der Waals surface area (Å²) in [5.41, 5.74) is 2.71. The van der Waals surface area contributed by atoms with Crippen LogP contribution in [0.2, 0.25) is 0 Å².